The molecule has 0 bridgehead atoms. The van der Waals surface area contributed by atoms with Crippen LogP contribution in [0.3, 0.4) is 0 Å². The second-order valence-electron chi connectivity index (χ2n) is 3.31. The summed E-state index contributed by atoms with van der Waals surface area (Å²) < 4.78 is 0. The molecule has 0 aliphatic rings. The van der Waals surface area contributed by atoms with E-state index < -0.39 is 10.8 Å². The summed E-state index contributed by atoms with van der Waals surface area (Å²) in [5.74, 6) is 1.86. The standard InChI is InChI=1S/C11H10ClN3O3/c1-3-5-14(4-2)11(16)9-6-8(15(17)18)7-13-10(9)12/h1,6-7H,4-5H2,2H3. The van der Waals surface area contributed by atoms with Crippen LogP contribution >= 0.6 is 11.6 Å². The predicted octanol–water partition coefficient (Wildman–Crippen LogP) is 1.74. The van der Waals surface area contributed by atoms with E-state index in [0.29, 0.717) is 6.54 Å². The van der Waals surface area contributed by atoms with Gasteiger partial charge in [0.05, 0.1) is 17.0 Å². The molecule has 0 N–H and O–H groups in total. The van der Waals surface area contributed by atoms with Gasteiger partial charge in [-0.3, -0.25) is 14.9 Å². The summed E-state index contributed by atoms with van der Waals surface area (Å²) in [5.41, 5.74) is -0.317. The van der Waals surface area contributed by atoms with E-state index in [-0.39, 0.29) is 22.9 Å². The first-order valence-corrected chi connectivity index (χ1v) is 5.41. The van der Waals surface area contributed by atoms with Crippen molar-refractivity contribution in [2.24, 2.45) is 0 Å². The van der Waals surface area contributed by atoms with Crippen molar-refractivity contribution in [3.05, 3.63) is 33.1 Å². The number of pyridine rings is 1. The Bertz CT molecular complexity index is 525. The van der Waals surface area contributed by atoms with Crippen LogP contribution in [0, 0.1) is 22.5 Å². The number of aromatic nitrogens is 1. The van der Waals surface area contributed by atoms with Gasteiger partial charge in [0, 0.05) is 12.6 Å². The van der Waals surface area contributed by atoms with Crippen LogP contribution in [-0.2, 0) is 0 Å². The van der Waals surface area contributed by atoms with Crippen LogP contribution in [0.5, 0.6) is 0 Å². The molecule has 0 saturated carbocycles. The third-order valence-corrected chi connectivity index (χ3v) is 2.52. The molecule has 1 rings (SSSR count). The van der Waals surface area contributed by atoms with Crippen molar-refractivity contribution in [1.29, 1.82) is 0 Å². The summed E-state index contributed by atoms with van der Waals surface area (Å²) in [4.78, 5) is 27.0. The lowest BCUT2D eigenvalue weighted by atomic mass is 10.2. The van der Waals surface area contributed by atoms with Gasteiger partial charge in [0.2, 0.25) is 0 Å². The van der Waals surface area contributed by atoms with Crippen molar-refractivity contribution in [2.45, 2.75) is 6.92 Å². The summed E-state index contributed by atoms with van der Waals surface area (Å²) in [5, 5.41) is 10.5. The zero-order valence-corrected chi connectivity index (χ0v) is 10.3. The van der Waals surface area contributed by atoms with Gasteiger partial charge in [-0.05, 0) is 6.92 Å². The van der Waals surface area contributed by atoms with Crippen LogP contribution in [0.4, 0.5) is 5.69 Å². The summed E-state index contributed by atoms with van der Waals surface area (Å²) >= 11 is 5.76. The molecular weight excluding hydrogens is 258 g/mol. The summed E-state index contributed by atoms with van der Waals surface area (Å²) in [6.07, 6.45) is 6.13. The zero-order chi connectivity index (χ0) is 13.7. The highest BCUT2D eigenvalue weighted by atomic mass is 35.5. The monoisotopic (exact) mass is 267 g/mol. The Kier molecular flexibility index (Phi) is 4.63. The van der Waals surface area contributed by atoms with Gasteiger partial charge in [0.1, 0.15) is 11.3 Å². The van der Waals surface area contributed by atoms with E-state index in [1.165, 1.54) is 4.90 Å². The molecule has 0 unspecified atom stereocenters. The molecule has 0 aromatic carbocycles. The molecular formula is C11H10ClN3O3. The van der Waals surface area contributed by atoms with Crippen molar-refractivity contribution in [2.75, 3.05) is 13.1 Å². The quantitative estimate of drug-likeness (QED) is 0.360. The molecule has 18 heavy (non-hydrogen) atoms. The van der Waals surface area contributed by atoms with Gasteiger partial charge in [0.25, 0.3) is 11.6 Å². The van der Waals surface area contributed by atoms with Crippen LogP contribution in [0.2, 0.25) is 5.15 Å². The van der Waals surface area contributed by atoms with Gasteiger partial charge in [-0.2, -0.15) is 0 Å². The number of halogens is 1. The number of amides is 1. The molecule has 6 nitrogen and oxygen atoms in total. The van der Waals surface area contributed by atoms with Gasteiger partial charge in [-0.1, -0.05) is 17.5 Å². The van der Waals surface area contributed by atoms with E-state index in [4.69, 9.17) is 18.0 Å². The Hall–Kier alpha value is -2.13. The zero-order valence-electron chi connectivity index (χ0n) is 9.59. The van der Waals surface area contributed by atoms with Crippen molar-refractivity contribution in [3.63, 3.8) is 0 Å². The average molecular weight is 268 g/mol. The maximum absolute atomic E-state index is 12.0. The van der Waals surface area contributed by atoms with E-state index in [1.807, 2.05) is 0 Å². The van der Waals surface area contributed by atoms with Gasteiger partial charge < -0.3 is 4.90 Å². The molecule has 0 spiro atoms. The lowest BCUT2D eigenvalue weighted by Crippen LogP contribution is -2.31. The average Bonchev–Trinajstić information content (AvgIpc) is 2.35. The normalized spacial score (nSPS) is 9.61. The Morgan fingerprint density at radius 1 is 1.72 bits per heavy atom. The molecule has 0 fully saturated rings. The first-order chi connectivity index (χ1) is 8.51. The highest BCUT2D eigenvalue weighted by Gasteiger charge is 2.20. The number of nitro groups is 1. The number of nitrogens with zero attached hydrogens (tertiary/aromatic N) is 3. The fourth-order valence-electron chi connectivity index (χ4n) is 1.29. The molecule has 0 radical (unpaired) electrons. The molecule has 7 heteroatoms. The fourth-order valence-corrected chi connectivity index (χ4v) is 1.48. The van der Waals surface area contributed by atoms with Crippen molar-refractivity contribution in [3.8, 4) is 12.3 Å². The minimum absolute atomic E-state index is 0.0250. The maximum atomic E-state index is 12.0. The molecule has 1 heterocycles. The van der Waals surface area contributed by atoms with Gasteiger partial charge in [-0.15, -0.1) is 6.42 Å². The van der Waals surface area contributed by atoms with Gasteiger partial charge in [-0.25, -0.2) is 4.98 Å². The number of hydrogen-bond acceptors (Lipinski definition) is 4. The summed E-state index contributed by atoms with van der Waals surface area (Å²) in [7, 11) is 0. The molecule has 0 aliphatic heterocycles. The number of carbonyl (C=O) groups is 1. The number of terminal acetylenes is 1. The Morgan fingerprint density at radius 2 is 2.39 bits per heavy atom. The molecule has 1 amide bonds. The van der Waals surface area contributed by atoms with Crippen LogP contribution in [0.25, 0.3) is 0 Å². The van der Waals surface area contributed by atoms with Crippen LogP contribution < -0.4 is 0 Å². The van der Waals surface area contributed by atoms with E-state index in [2.05, 4.69) is 10.9 Å². The topological polar surface area (TPSA) is 76.3 Å². The minimum Gasteiger partial charge on any atom is -0.328 e. The molecule has 0 atom stereocenters. The van der Waals surface area contributed by atoms with Gasteiger partial charge >= 0.3 is 0 Å². The van der Waals surface area contributed by atoms with Crippen molar-refractivity contribution >= 4 is 23.2 Å². The highest BCUT2D eigenvalue weighted by Crippen LogP contribution is 2.20. The second-order valence-corrected chi connectivity index (χ2v) is 3.67. The number of rotatable bonds is 4. The van der Waals surface area contributed by atoms with E-state index in [9.17, 15) is 14.9 Å². The van der Waals surface area contributed by atoms with Crippen LogP contribution in [-0.4, -0.2) is 33.8 Å². The summed E-state index contributed by atoms with van der Waals surface area (Å²) in [6, 6.07) is 1.09. The fraction of sp³-hybridized carbons (Fsp3) is 0.273. The molecule has 94 valence electrons. The molecule has 1 aromatic heterocycles. The smallest absolute Gasteiger partial charge is 0.288 e. The molecule has 0 aliphatic carbocycles. The highest BCUT2D eigenvalue weighted by molar-refractivity contribution is 6.32. The van der Waals surface area contributed by atoms with Crippen LogP contribution in [0.1, 0.15) is 17.3 Å². The summed E-state index contributed by atoms with van der Waals surface area (Å²) in [6.45, 7) is 2.23. The second kappa shape index (κ2) is 5.98. The first kappa shape index (κ1) is 13.9. The Labute approximate surface area is 109 Å². The van der Waals surface area contributed by atoms with E-state index in [1.54, 1.807) is 6.92 Å². The maximum Gasteiger partial charge on any atom is 0.288 e. The predicted molar refractivity (Wildman–Crippen MR) is 66.3 cm³/mol. The van der Waals surface area contributed by atoms with Crippen molar-refractivity contribution < 1.29 is 9.72 Å². The molecule has 0 saturated heterocycles. The lowest BCUT2D eigenvalue weighted by molar-refractivity contribution is -0.385. The Balaban J connectivity index is 3.15. The van der Waals surface area contributed by atoms with Gasteiger partial charge in [0.15, 0.2) is 0 Å². The minimum atomic E-state index is -0.641. The first-order valence-electron chi connectivity index (χ1n) is 5.04. The number of carbonyl (C=O) groups excluding carboxylic acids is 1. The SMILES string of the molecule is C#CCN(CC)C(=O)c1cc([N+](=O)[O-])cnc1Cl. The van der Waals surface area contributed by atoms with Crippen LogP contribution in [0.15, 0.2) is 12.3 Å². The lowest BCUT2D eigenvalue weighted by Gasteiger charge is -2.18. The van der Waals surface area contributed by atoms with Crippen molar-refractivity contribution in [1.82, 2.24) is 9.88 Å². The number of hydrogen-bond donors (Lipinski definition) is 0. The third kappa shape index (κ3) is 2.96. The van der Waals surface area contributed by atoms with E-state index in [0.717, 1.165) is 12.3 Å². The Morgan fingerprint density at radius 3 is 2.89 bits per heavy atom. The van der Waals surface area contributed by atoms with E-state index >= 15 is 0 Å². The largest absolute Gasteiger partial charge is 0.328 e. The molecule has 1 aromatic rings. The third-order valence-electron chi connectivity index (χ3n) is 2.22.